The molecule has 2 heteroatoms. The summed E-state index contributed by atoms with van der Waals surface area (Å²) in [5.74, 6) is 1.77. The van der Waals surface area contributed by atoms with Crippen LogP contribution in [0.1, 0.15) is 17.5 Å². The van der Waals surface area contributed by atoms with E-state index in [0.717, 1.165) is 22.4 Å². The van der Waals surface area contributed by atoms with E-state index in [4.69, 9.17) is 4.74 Å². The molecule has 0 saturated heterocycles. The highest BCUT2D eigenvalue weighted by Crippen LogP contribution is 2.29. The van der Waals surface area contributed by atoms with Crippen molar-refractivity contribution in [3.63, 3.8) is 0 Å². The molecule has 0 unspecified atom stereocenters. The van der Waals surface area contributed by atoms with Gasteiger partial charge in [-0.3, -0.25) is 0 Å². The smallest absolute Gasteiger partial charge is 0.127 e. The van der Waals surface area contributed by atoms with Crippen LogP contribution < -0.4 is 4.74 Å². The number of hydrogen-bond donors (Lipinski definition) is 0. The molecule has 0 saturated carbocycles. The molecule has 1 aliphatic rings. The number of halogens is 1. The Kier molecular flexibility index (Phi) is 4.26. The highest BCUT2D eigenvalue weighted by molar-refractivity contribution is 9.10. The summed E-state index contributed by atoms with van der Waals surface area (Å²) < 4.78 is 7.05. The first-order valence-corrected chi connectivity index (χ1v) is 7.76. The Morgan fingerprint density at radius 2 is 1.86 bits per heavy atom. The SMILES string of the molecule is Cc1cc(C2=CC(Oc3ccccc3)=CC[CH]2)ccc1Br. The third kappa shape index (κ3) is 3.45. The lowest BCUT2D eigenvalue weighted by Crippen LogP contribution is -1.99. The third-order valence-electron chi connectivity index (χ3n) is 3.42. The van der Waals surface area contributed by atoms with Crippen molar-refractivity contribution in [3.8, 4) is 5.75 Å². The number of aryl methyl sites for hydroxylation is 1. The second kappa shape index (κ2) is 6.31. The van der Waals surface area contributed by atoms with Crippen LogP contribution in [0.15, 0.2) is 70.9 Å². The number of ether oxygens (including phenoxy) is 1. The van der Waals surface area contributed by atoms with Crippen LogP contribution in [0, 0.1) is 13.3 Å². The maximum atomic E-state index is 5.92. The molecular formula is C19H16BrO. The van der Waals surface area contributed by atoms with E-state index in [9.17, 15) is 0 Å². The van der Waals surface area contributed by atoms with Gasteiger partial charge in [-0.05, 0) is 66.8 Å². The van der Waals surface area contributed by atoms with Crippen LogP contribution in [0.4, 0.5) is 0 Å². The summed E-state index contributed by atoms with van der Waals surface area (Å²) in [6, 6.07) is 16.3. The summed E-state index contributed by atoms with van der Waals surface area (Å²) >= 11 is 3.54. The molecule has 1 aliphatic carbocycles. The molecule has 1 nitrogen and oxygen atoms in total. The molecule has 0 fully saturated rings. The molecule has 0 aromatic heterocycles. The first-order valence-electron chi connectivity index (χ1n) is 6.97. The fraction of sp³-hybridized carbons (Fsp3) is 0.105. The Morgan fingerprint density at radius 3 is 2.62 bits per heavy atom. The Bertz CT molecular complexity index is 699. The molecule has 21 heavy (non-hydrogen) atoms. The molecular weight excluding hydrogens is 324 g/mol. The van der Waals surface area contributed by atoms with Crippen molar-refractivity contribution in [2.45, 2.75) is 13.3 Å². The van der Waals surface area contributed by atoms with Gasteiger partial charge in [-0.2, -0.15) is 0 Å². The highest BCUT2D eigenvalue weighted by Gasteiger charge is 2.10. The summed E-state index contributed by atoms with van der Waals surface area (Å²) in [6.07, 6.45) is 7.31. The molecule has 0 amide bonds. The number of allylic oxidation sites excluding steroid dienone is 3. The summed E-state index contributed by atoms with van der Waals surface area (Å²) in [4.78, 5) is 0. The first kappa shape index (κ1) is 14.2. The van der Waals surface area contributed by atoms with Gasteiger partial charge in [-0.15, -0.1) is 0 Å². The fourth-order valence-electron chi connectivity index (χ4n) is 2.29. The maximum Gasteiger partial charge on any atom is 0.127 e. The molecule has 105 valence electrons. The molecule has 0 heterocycles. The molecule has 0 atom stereocenters. The van der Waals surface area contributed by atoms with E-state index in [1.54, 1.807) is 0 Å². The van der Waals surface area contributed by atoms with Gasteiger partial charge in [0, 0.05) is 4.47 Å². The van der Waals surface area contributed by atoms with Crippen molar-refractivity contribution in [3.05, 3.63) is 88.5 Å². The monoisotopic (exact) mass is 339 g/mol. The van der Waals surface area contributed by atoms with Gasteiger partial charge in [-0.1, -0.05) is 46.3 Å². The Morgan fingerprint density at radius 1 is 1.05 bits per heavy atom. The topological polar surface area (TPSA) is 9.23 Å². The summed E-state index contributed by atoms with van der Waals surface area (Å²) in [7, 11) is 0. The lowest BCUT2D eigenvalue weighted by atomic mass is 9.95. The third-order valence-corrected chi connectivity index (χ3v) is 4.31. The van der Waals surface area contributed by atoms with Crippen LogP contribution in [0.2, 0.25) is 0 Å². The number of rotatable bonds is 3. The van der Waals surface area contributed by atoms with Crippen LogP contribution >= 0.6 is 15.9 Å². The molecule has 1 radical (unpaired) electrons. The van der Waals surface area contributed by atoms with E-state index in [1.165, 1.54) is 16.7 Å². The molecule has 3 rings (SSSR count). The van der Waals surface area contributed by atoms with Crippen molar-refractivity contribution >= 4 is 21.5 Å². The van der Waals surface area contributed by atoms with Crippen LogP contribution in [0.25, 0.3) is 5.57 Å². The number of para-hydroxylation sites is 1. The largest absolute Gasteiger partial charge is 0.458 e. The summed E-state index contributed by atoms with van der Waals surface area (Å²) in [6.45, 7) is 2.11. The molecule has 0 N–H and O–H groups in total. The lowest BCUT2D eigenvalue weighted by Gasteiger charge is -2.15. The zero-order valence-electron chi connectivity index (χ0n) is 11.8. The van der Waals surface area contributed by atoms with Crippen molar-refractivity contribution < 1.29 is 4.74 Å². The fourth-order valence-corrected chi connectivity index (χ4v) is 2.54. The maximum absolute atomic E-state index is 5.92. The summed E-state index contributed by atoms with van der Waals surface area (Å²) in [5, 5.41) is 0. The normalized spacial score (nSPS) is 14.4. The van der Waals surface area contributed by atoms with Gasteiger partial charge >= 0.3 is 0 Å². The Hall–Kier alpha value is -1.80. The van der Waals surface area contributed by atoms with Gasteiger partial charge in [0.15, 0.2) is 0 Å². The van der Waals surface area contributed by atoms with Gasteiger partial charge in [0.05, 0.1) is 0 Å². The van der Waals surface area contributed by atoms with Crippen molar-refractivity contribution in [1.82, 2.24) is 0 Å². The van der Waals surface area contributed by atoms with Crippen LogP contribution in [-0.2, 0) is 0 Å². The predicted octanol–water partition coefficient (Wildman–Crippen LogP) is 5.71. The van der Waals surface area contributed by atoms with Gasteiger partial charge < -0.3 is 4.74 Å². The van der Waals surface area contributed by atoms with E-state index in [-0.39, 0.29) is 0 Å². The highest BCUT2D eigenvalue weighted by atomic mass is 79.9. The van der Waals surface area contributed by atoms with Crippen molar-refractivity contribution in [1.29, 1.82) is 0 Å². The minimum atomic E-state index is 0.869. The van der Waals surface area contributed by atoms with E-state index in [1.807, 2.05) is 30.3 Å². The van der Waals surface area contributed by atoms with E-state index >= 15 is 0 Å². The van der Waals surface area contributed by atoms with Crippen LogP contribution in [0.5, 0.6) is 5.75 Å². The molecule has 2 aromatic carbocycles. The van der Waals surface area contributed by atoms with E-state index in [0.29, 0.717) is 0 Å². The lowest BCUT2D eigenvalue weighted by molar-refractivity contribution is 0.441. The zero-order valence-corrected chi connectivity index (χ0v) is 13.4. The molecule has 0 aliphatic heterocycles. The molecule has 0 spiro atoms. The average molecular weight is 340 g/mol. The quantitative estimate of drug-likeness (QED) is 0.695. The van der Waals surface area contributed by atoms with Crippen LogP contribution in [-0.4, -0.2) is 0 Å². The van der Waals surface area contributed by atoms with Gasteiger partial charge in [0.25, 0.3) is 0 Å². The van der Waals surface area contributed by atoms with Crippen molar-refractivity contribution in [2.75, 3.05) is 0 Å². The minimum Gasteiger partial charge on any atom is -0.458 e. The minimum absolute atomic E-state index is 0.869. The van der Waals surface area contributed by atoms with E-state index < -0.39 is 0 Å². The standard InChI is InChI=1S/C19H16BrO/c1-14-12-16(10-11-19(14)20)15-6-5-9-18(13-15)21-17-7-3-2-4-8-17/h2-4,6-13H,5H2,1H3. The Labute approximate surface area is 134 Å². The Balaban J connectivity index is 1.83. The second-order valence-corrected chi connectivity index (χ2v) is 5.88. The van der Waals surface area contributed by atoms with Gasteiger partial charge in [0.2, 0.25) is 0 Å². The molecule has 0 bridgehead atoms. The van der Waals surface area contributed by atoms with E-state index in [2.05, 4.69) is 59.6 Å². The number of benzene rings is 2. The molecule has 2 aromatic rings. The number of hydrogen-bond acceptors (Lipinski definition) is 1. The summed E-state index contributed by atoms with van der Waals surface area (Å²) in [5.41, 5.74) is 3.67. The first-order chi connectivity index (χ1) is 10.2. The predicted molar refractivity (Wildman–Crippen MR) is 90.9 cm³/mol. The second-order valence-electron chi connectivity index (χ2n) is 5.03. The van der Waals surface area contributed by atoms with Crippen LogP contribution in [0.3, 0.4) is 0 Å². The van der Waals surface area contributed by atoms with Crippen molar-refractivity contribution in [2.24, 2.45) is 0 Å². The van der Waals surface area contributed by atoms with Gasteiger partial charge in [-0.25, -0.2) is 0 Å². The average Bonchev–Trinajstić information content (AvgIpc) is 2.51. The van der Waals surface area contributed by atoms with Gasteiger partial charge in [0.1, 0.15) is 11.5 Å². The zero-order chi connectivity index (χ0) is 14.7.